The molecule has 2 heteroatoms. The van der Waals surface area contributed by atoms with Crippen LogP contribution in [0.25, 0.3) is 0 Å². The van der Waals surface area contributed by atoms with Gasteiger partial charge in [0.1, 0.15) is 4.33 Å². The predicted octanol–water partition coefficient (Wildman–Crippen LogP) is 3.86. The van der Waals surface area contributed by atoms with E-state index in [9.17, 15) is 0 Å². The third-order valence-corrected chi connectivity index (χ3v) is 3.66. The maximum absolute atomic E-state index is 6.09. The van der Waals surface area contributed by atoms with Crippen LogP contribution in [0, 0.1) is 11.8 Å². The molecule has 62 valence electrons. The Morgan fingerprint density at radius 3 is 1.70 bits per heavy atom. The van der Waals surface area contributed by atoms with Gasteiger partial charge in [-0.3, -0.25) is 0 Å². The normalized spacial score (nSPS) is 15.9. The van der Waals surface area contributed by atoms with Crippen molar-refractivity contribution >= 4 is 23.2 Å². The van der Waals surface area contributed by atoms with Gasteiger partial charge in [0.05, 0.1) is 0 Å². The highest BCUT2D eigenvalue weighted by molar-refractivity contribution is 6.48. The third kappa shape index (κ3) is 2.32. The van der Waals surface area contributed by atoms with Crippen LogP contribution in [0.15, 0.2) is 0 Å². The first-order valence-corrected chi connectivity index (χ1v) is 4.56. The van der Waals surface area contributed by atoms with Crippen LogP contribution in [-0.4, -0.2) is 4.33 Å². The van der Waals surface area contributed by atoms with Crippen molar-refractivity contribution < 1.29 is 0 Å². The molecular weight excluding hydrogens is 167 g/mol. The minimum absolute atomic E-state index is 0.325. The Balaban J connectivity index is 4.09. The van der Waals surface area contributed by atoms with Gasteiger partial charge in [-0.1, -0.05) is 34.1 Å². The van der Waals surface area contributed by atoms with Gasteiger partial charge in [0.2, 0.25) is 0 Å². The number of hydrogen-bond donors (Lipinski definition) is 0. The lowest BCUT2D eigenvalue weighted by atomic mass is 9.95. The number of hydrogen-bond acceptors (Lipinski definition) is 0. The molecule has 0 aromatic carbocycles. The maximum atomic E-state index is 6.09. The molecule has 0 bridgehead atoms. The number of halogens is 2. The van der Waals surface area contributed by atoms with Crippen LogP contribution in [0.3, 0.4) is 0 Å². The quantitative estimate of drug-likeness (QED) is 0.582. The summed E-state index contributed by atoms with van der Waals surface area (Å²) in [6.07, 6.45) is 1.03. The first-order chi connectivity index (χ1) is 4.42. The Labute approximate surface area is 73.9 Å². The van der Waals surface area contributed by atoms with Gasteiger partial charge >= 0.3 is 0 Å². The van der Waals surface area contributed by atoms with Crippen molar-refractivity contribution in [3.8, 4) is 0 Å². The second-order valence-corrected chi connectivity index (χ2v) is 4.58. The van der Waals surface area contributed by atoms with E-state index in [0.29, 0.717) is 11.8 Å². The molecule has 1 atom stereocenters. The molecular formula is C8H16Cl2. The van der Waals surface area contributed by atoms with Gasteiger partial charge in [0, 0.05) is 0 Å². The second kappa shape index (κ2) is 3.82. The van der Waals surface area contributed by atoms with E-state index in [1.807, 2.05) is 13.8 Å². The largest absolute Gasteiger partial charge is 0.123 e. The SMILES string of the molecule is CCC(C)C(Cl)(Cl)C(C)C. The zero-order valence-corrected chi connectivity index (χ0v) is 8.63. The van der Waals surface area contributed by atoms with E-state index in [2.05, 4.69) is 13.8 Å². The highest BCUT2D eigenvalue weighted by Crippen LogP contribution is 2.38. The lowest BCUT2D eigenvalue weighted by Crippen LogP contribution is -2.28. The fourth-order valence-electron chi connectivity index (χ4n) is 0.841. The summed E-state index contributed by atoms with van der Waals surface area (Å²) in [7, 11) is 0. The molecule has 0 heterocycles. The van der Waals surface area contributed by atoms with E-state index >= 15 is 0 Å². The molecule has 0 fully saturated rings. The summed E-state index contributed by atoms with van der Waals surface area (Å²) in [4.78, 5) is 0. The van der Waals surface area contributed by atoms with Crippen molar-refractivity contribution in [3.05, 3.63) is 0 Å². The Bertz CT molecular complexity index is 97.4. The molecule has 0 rings (SSSR count). The van der Waals surface area contributed by atoms with Crippen LogP contribution in [0.1, 0.15) is 34.1 Å². The van der Waals surface area contributed by atoms with E-state index in [4.69, 9.17) is 23.2 Å². The Hall–Kier alpha value is 0.580. The van der Waals surface area contributed by atoms with Crippen molar-refractivity contribution in [2.75, 3.05) is 0 Å². The average molecular weight is 183 g/mol. The molecule has 0 nitrogen and oxygen atoms in total. The van der Waals surface area contributed by atoms with Crippen LogP contribution in [-0.2, 0) is 0 Å². The molecule has 0 aliphatic heterocycles. The first kappa shape index (κ1) is 10.6. The molecule has 0 aliphatic carbocycles. The molecule has 0 amide bonds. The molecule has 10 heavy (non-hydrogen) atoms. The topological polar surface area (TPSA) is 0 Å². The number of alkyl halides is 2. The van der Waals surface area contributed by atoms with E-state index in [1.54, 1.807) is 0 Å². The van der Waals surface area contributed by atoms with Crippen LogP contribution in [0.4, 0.5) is 0 Å². The highest BCUT2D eigenvalue weighted by Gasteiger charge is 2.33. The van der Waals surface area contributed by atoms with Crippen molar-refractivity contribution in [2.45, 2.75) is 38.4 Å². The third-order valence-electron chi connectivity index (χ3n) is 2.04. The van der Waals surface area contributed by atoms with E-state index in [0.717, 1.165) is 6.42 Å². The monoisotopic (exact) mass is 182 g/mol. The summed E-state index contributed by atoms with van der Waals surface area (Å²) in [6, 6.07) is 0. The summed E-state index contributed by atoms with van der Waals surface area (Å²) in [5.74, 6) is 0.696. The summed E-state index contributed by atoms with van der Waals surface area (Å²) in [5.41, 5.74) is 0. The minimum Gasteiger partial charge on any atom is -0.101 e. The van der Waals surface area contributed by atoms with E-state index in [-0.39, 0.29) is 0 Å². The molecule has 0 spiro atoms. The van der Waals surface area contributed by atoms with Gasteiger partial charge in [-0.15, -0.1) is 23.2 Å². The van der Waals surface area contributed by atoms with Gasteiger partial charge in [-0.05, 0) is 11.8 Å². The Morgan fingerprint density at radius 1 is 1.20 bits per heavy atom. The number of rotatable bonds is 3. The van der Waals surface area contributed by atoms with Crippen LogP contribution in [0.5, 0.6) is 0 Å². The van der Waals surface area contributed by atoms with Crippen molar-refractivity contribution in [1.29, 1.82) is 0 Å². The second-order valence-electron chi connectivity index (χ2n) is 3.14. The van der Waals surface area contributed by atoms with Crippen LogP contribution >= 0.6 is 23.2 Å². The van der Waals surface area contributed by atoms with E-state index in [1.165, 1.54) is 0 Å². The highest BCUT2D eigenvalue weighted by atomic mass is 35.5. The first-order valence-electron chi connectivity index (χ1n) is 3.80. The summed E-state index contributed by atoms with van der Waals surface area (Å²) >= 11 is 12.2. The van der Waals surface area contributed by atoms with Crippen LogP contribution < -0.4 is 0 Å². The smallest absolute Gasteiger partial charge is 0.101 e. The molecule has 1 unspecified atom stereocenters. The zero-order chi connectivity index (χ0) is 8.36. The molecule has 0 aromatic heterocycles. The Kier molecular flexibility index (Phi) is 4.05. The van der Waals surface area contributed by atoms with Crippen molar-refractivity contribution in [2.24, 2.45) is 11.8 Å². The predicted molar refractivity (Wildman–Crippen MR) is 48.7 cm³/mol. The average Bonchev–Trinajstić information content (AvgIpc) is 1.86. The molecule has 0 aliphatic rings. The van der Waals surface area contributed by atoms with Crippen LogP contribution in [0.2, 0.25) is 0 Å². The molecule has 0 saturated heterocycles. The maximum Gasteiger partial charge on any atom is 0.123 e. The molecule has 0 saturated carbocycles. The van der Waals surface area contributed by atoms with Gasteiger partial charge in [0.15, 0.2) is 0 Å². The summed E-state index contributed by atoms with van der Waals surface area (Å²) in [5, 5.41) is 0. The fraction of sp³-hybridized carbons (Fsp3) is 1.00. The van der Waals surface area contributed by atoms with Gasteiger partial charge in [-0.25, -0.2) is 0 Å². The fourth-order valence-corrected chi connectivity index (χ4v) is 1.15. The summed E-state index contributed by atoms with van der Waals surface area (Å²) < 4.78 is -0.547. The zero-order valence-electron chi connectivity index (χ0n) is 7.12. The van der Waals surface area contributed by atoms with Gasteiger partial charge in [0.25, 0.3) is 0 Å². The van der Waals surface area contributed by atoms with Gasteiger partial charge < -0.3 is 0 Å². The lowest BCUT2D eigenvalue weighted by Gasteiger charge is -2.29. The Morgan fingerprint density at radius 2 is 1.60 bits per heavy atom. The molecule has 0 aromatic rings. The standard InChI is InChI=1S/C8H16Cl2/c1-5-7(4)8(9,10)6(2)3/h6-7H,5H2,1-4H3. The summed E-state index contributed by atoms with van der Waals surface area (Å²) in [6.45, 7) is 8.28. The lowest BCUT2D eigenvalue weighted by molar-refractivity contribution is 0.396. The van der Waals surface area contributed by atoms with Gasteiger partial charge in [-0.2, -0.15) is 0 Å². The minimum atomic E-state index is -0.547. The molecule has 0 radical (unpaired) electrons. The van der Waals surface area contributed by atoms with E-state index < -0.39 is 4.33 Å². The van der Waals surface area contributed by atoms with Crippen molar-refractivity contribution in [1.82, 2.24) is 0 Å². The molecule has 0 N–H and O–H groups in total. The van der Waals surface area contributed by atoms with Crippen molar-refractivity contribution in [3.63, 3.8) is 0 Å².